The number of carbonyl (C=O) groups excluding carboxylic acids is 1. The number of anilines is 1. The Bertz CT molecular complexity index is 840. The molecule has 0 aromatic carbocycles. The molecule has 28 heavy (non-hydrogen) atoms. The summed E-state index contributed by atoms with van der Waals surface area (Å²) in [6.07, 6.45) is 1.83. The molecule has 2 atom stereocenters. The molecule has 0 saturated heterocycles. The Kier molecular flexibility index (Phi) is 7.70. The van der Waals surface area contributed by atoms with Gasteiger partial charge in [-0.2, -0.15) is 0 Å². The predicted molar refractivity (Wildman–Crippen MR) is 107 cm³/mol. The van der Waals surface area contributed by atoms with Gasteiger partial charge >= 0.3 is 0 Å². The van der Waals surface area contributed by atoms with Gasteiger partial charge in [-0.1, -0.05) is 0 Å². The van der Waals surface area contributed by atoms with Crippen molar-refractivity contribution in [3.8, 4) is 0 Å². The van der Waals surface area contributed by atoms with Crippen LogP contribution < -0.4 is 10.6 Å². The van der Waals surface area contributed by atoms with Gasteiger partial charge < -0.3 is 9.88 Å². The van der Waals surface area contributed by atoms with Crippen molar-refractivity contribution in [2.75, 3.05) is 5.32 Å². The minimum atomic E-state index is -2.69. The molecule has 6 nitrogen and oxygen atoms in total. The van der Waals surface area contributed by atoms with Crippen molar-refractivity contribution in [2.45, 2.75) is 52.2 Å². The summed E-state index contributed by atoms with van der Waals surface area (Å²) in [5.41, 5.74) is 2.36. The molecule has 2 aromatic rings. The van der Waals surface area contributed by atoms with Crippen LogP contribution in [0.3, 0.4) is 0 Å². The predicted octanol–water partition coefficient (Wildman–Crippen LogP) is 3.91. The quantitative estimate of drug-likeness (QED) is 0.659. The fraction of sp³-hybridized carbons (Fsp3) is 0.474. The van der Waals surface area contributed by atoms with Gasteiger partial charge in [0.1, 0.15) is 17.6 Å². The summed E-state index contributed by atoms with van der Waals surface area (Å²) >= 11 is 4.69. The first-order valence-corrected chi connectivity index (χ1v) is 9.38. The normalized spacial score (nSPS) is 13.4. The summed E-state index contributed by atoms with van der Waals surface area (Å²) in [5.74, 6) is -0.341. The third-order valence-corrected chi connectivity index (χ3v) is 4.81. The number of pyridine rings is 1. The Morgan fingerprint density at radius 1 is 1.39 bits per heavy atom. The van der Waals surface area contributed by atoms with E-state index in [1.54, 1.807) is 11.6 Å². The number of halogens is 2. The van der Waals surface area contributed by atoms with Crippen molar-refractivity contribution in [3.63, 3.8) is 0 Å². The van der Waals surface area contributed by atoms with Crippen LogP contribution >= 0.6 is 0 Å². The van der Waals surface area contributed by atoms with Crippen LogP contribution in [0.15, 0.2) is 28.9 Å². The minimum absolute atomic E-state index is 0.111. The van der Waals surface area contributed by atoms with Crippen molar-refractivity contribution in [3.05, 3.63) is 47.0 Å². The summed E-state index contributed by atoms with van der Waals surface area (Å²) in [4.78, 5) is 16.4. The molecule has 9 heteroatoms. The average Bonchev–Trinajstić information content (AvgIpc) is 2.93. The number of nitrogens with one attached hydrogen (secondary N) is 2. The Morgan fingerprint density at radius 2 is 2.11 bits per heavy atom. The number of hydrogen-bond donors (Lipinski definition) is 2. The van der Waals surface area contributed by atoms with Crippen LogP contribution in [-0.2, 0) is 25.9 Å². The highest BCUT2D eigenvalue weighted by Crippen LogP contribution is 2.22. The topological polar surface area (TPSA) is 71.3 Å². The maximum absolute atomic E-state index is 12.8. The van der Waals surface area contributed by atoms with Crippen LogP contribution in [0, 0.1) is 6.92 Å². The lowest BCUT2D eigenvalue weighted by molar-refractivity contribution is 0.101. The fourth-order valence-corrected chi connectivity index (χ4v) is 3.23. The molecular weight excluding hydrogens is 384 g/mol. The zero-order valence-corrected chi connectivity index (χ0v) is 17.2. The number of nitrogens with zero attached hydrogens (tertiary/aromatic N) is 3. The molecule has 0 aliphatic carbocycles. The van der Waals surface area contributed by atoms with E-state index in [1.165, 1.54) is 18.3 Å². The summed E-state index contributed by atoms with van der Waals surface area (Å²) in [6.45, 7) is 5.88. The van der Waals surface area contributed by atoms with E-state index in [0.717, 1.165) is 17.5 Å². The molecule has 2 N–H and O–H groups in total. The molecule has 0 spiro atoms. The third kappa shape index (κ3) is 5.62. The van der Waals surface area contributed by atoms with Gasteiger partial charge in [0.2, 0.25) is 0 Å². The zero-order chi connectivity index (χ0) is 20.8. The molecule has 0 fully saturated rings. The zero-order valence-electron chi connectivity index (χ0n) is 16.4. The van der Waals surface area contributed by atoms with Gasteiger partial charge in [0.25, 0.3) is 12.3 Å². The number of alkyl halides is 2. The van der Waals surface area contributed by atoms with Gasteiger partial charge in [0, 0.05) is 43.6 Å². The monoisotopic (exact) mass is 409 g/mol. The molecule has 0 saturated carbocycles. The molecule has 152 valence electrons. The number of amides is 1. The van der Waals surface area contributed by atoms with E-state index in [2.05, 4.69) is 20.0 Å². The van der Waals surface area contributed by atoms with Crippen LogP contribution in [0.1, 0.15) is 54.0 Å². The Balaban J connectivity index is 2.15. The number of carbonyl (C=O) groups is 1. The lowest BCUT2D eigenvalue weighted by Crippen LogP contribution is -2.33. The van der Waals surface area contributed by atoms with Gasteiger partial charge in [0.05, 0.1) is 0 Å². The van der Waals surface area contributed by atoms with Gasteiger partial charge in [-0.3, -0.25) is 15.1 Å². The molecule has 2 aromatic heterocycles. The van der Waals surface area contributed by atoms with Crippen LogP contribution in [0.4, 0.5) is 14.5 Å². The molecule has 0 unspecified atom stereocenters. The van der Waals surface area contributed by atoms with E-state index in [9.17, 15) is 13.6 Å². The van der Waals surface area contributed by atoms with E-state index in [4.69, 9.17) is 12.4 Å². The van der Waals surface area contributed by atoms with Crippen molar-refractivity contribution >= 4 is 24.0 Å². The first kappa shape index (κ1) is 22.0. The molecule has 0 bridgehead atoms. The number of aromatic nitrogens is 2. The van der Waals surface area contributed by atoms with Gasteiger partial charge in [-0.25, -0.2) is 13.1 Å². The third-order valence-electron chi connectivity index (χ3n) is 4.49. The average molecular weight is 410 g/mol. The van der Waals surface area contributed by atoms with Crippen LogP contribution in [0.2, 0.25) is 0 Å². The summed E-state index contributed by atoms with van der Waals surface area (Å²) in [6, 6.07) is 2.85. The highest BCUT2D eigenvalue weighted by Gasteiger charge is 2.20. The molecule has 1 amide bonds. The molecule has 0 radical (unpaired) electrons. The van der Waals surface area contributed by atoms with Crippen LogP contribution in [0.5, 0.6) is 0 Å². The lowest BCUT2D eigenvalue weighted by Gasteiger charge is -2.17. The van der Waals surface area contributed by atoms with Crippen molar-refractivity contribution < 1.29 is 13.6 Å². The SMILES string of the molecule is Cc1cn(C)c(C(=O)Nc2ccnc(C(F)F)c2)c1CC[C@H](C)N[C@@H](C)N=S. The first-order valence-electron chi connectivity index (χ1n) is 9.01. The summed E-state index contributed by atoms with van der Waals surface area (Å²) < 4.78 is 31.2. The molecule has 2 rings (SSSR count). The second-order valence-corrected chi connectivity index (χ2v) is 7.07. The van der Waals surface area contributed by atoms with E-state index in [1.807, 2.05) is 27.0 Å². The second kappa shape index (κ2) is 9.79. The van der Waals surface area contributed by atoms with Crippen molar-refractivity contribution in [1.82, 2.24) is 14.9 Å². The fourth-order valence-electron chi connectivity index (χ4n) is 3.17. The van der Waals surface area contributed by atoms with Crippen molar-refractivity contribution in [2.24, 2.45) is 11.4 Å². The maximum Gasteiger partial charge on any atom is 0.280 e. The van der Waals surface area contributed by atoms with E-state index >= 15 is 0 Å². The smallest absolute Gasteiger partial charge is 0.280 e. The number of aryl methyl sites for hydroxylation is 2. The molecule has 2 heterocycles. The van der Waals surface area contributed by atoms with E-state index < -0.39 is 6.43 Å². The molecular formula is C19H25F2N5OS. The summed E-state index contributed by atoms with van der Waals surface area (Å²) in [7, 11) is 1.79. The van der Waals surface area contributed by atoms with Crippen molar-refractivity contribution in [1.29, 1.82) is 0 Å². The Morgan fingerprint density at radius 3 is 2.75 bits per heavy atom. The van der Waals surface area contributed by atoms with Crippen LogP contribution in [0.25, 0.3) is 0 Å². The number of rotatable bonds is 9. The van der Waals surface area contributed by atoms with Crippen LogP contribution in [-0.4, -0.2) is 27.7 Å². The highest BCUT2D eigenvalue weighted by molar-refractivity contribution is 7.47. The largest absolute Gasteiger partial charge is 0.346 e. The standard InChI is InChI=1S/C19H25F2N5OS/c1-11-10-26(4)17(15(11)6-5-12(2)23-13(3)25-28)19(27)24-14-7-8-22-16(9-14)18(20)21/h7-10,12-13,18,23H,5-6H2,1-4H3,(H,22,24,27)/t12-,13+/m0/s1. The van der Waals surface area contributed by atoms with E-state index in [-0.39, 0.29) is 29.5 Å². The van der Waals surface area contributed by atoms with Gasteiger partial charge in [0.15, 0.2) is 0 Å². The Hall–Kier alpha value is -2.26. The first-order chi connectivity index (χ1) is 13.2. The molecule has 0 aliphatic heterocycles. The highest BCUT2D eigenvalue weighted by atomic mass is 32.1. The Labute approximate surface area is 168 Å². The molecule has 0 aliphatic rings. The van der Waals surface area contributed by atoms with E-state index in [0.29, 0.717) is 12.1 Å². The summed E-state index contributed by atoms with van der Waals surface area (Å²) in [5, 5.41) is 5.97. The number of hydrogen-bond acceptors (Lipinski definition) is 5. The second-order valence-electron chi connectivity index (χ2n) is 6.86. The maximum atomic E-state index is 12.8. The lowest BCUT2D eigenvalue weighted by atomic mass is 10.0. The van der Waals surface area contributed by atoms with Gasteiger partial charge in [-0.05, 0) is 56.9 Å². The van der Waals surface area contributed by atoms with Gasteiger partial charge in [-0.15, -0.1) is 0 Å². The minimum Gasteiger partial charge on any atom is -0.346 e.